The Bertz CT molecular complexity index is 1380. The fourth-order valence-electron chi connectivity index (χ4n) is 6.08. The zero-order valence-corrected chi connectivity index (χ0v) is 23.7. The molecule has 4 N–H and O–H groups in total. The summed E-state index contributed by atoms with van der Waals surface area (Å²) in [4.78, 5) is 47.5. The van der Waals surface area contributed by atoms with Crippen molar-refractivity contribution in [3.63, 3.8) is 0 Å². The molecular formula is C29H38F2N6O4. The maximum Gasteiger partial charge on any atom is 0.251 e. The largest absolute Gasteiger partial charge is 0.367 e. The predicted octanol–water partition coefficient (Wildman–Crippen LogP) is 0.717. The number of halogens is 2. The molecule has 0 radical (unpaired) electrons. The van der Waals surface area contributed by atoms with Crippen molar-refractivity contribution in [2.45, 2.75) is 50.8 Å². The number of carbonyl (C=O) groups is 2. The summed E-state index contributed by atoms with van der Waals surface area (Å²) in [7, 11) is 0. The number of hydrogen-bond donors (Lipinski definition) is 3. The Balaban J connectivity index is 1.35. The highest BCUT2D eigenvalue weighted by Crippen LogP contribution is 2.39. The van der Waals surface area contributed by atoms with Gasteiger partial charge in [-0.25, -0.2) is 8.78 Å². The summed E-state index contributed by atoms with van der Waals surface area (Å²) in [6, 6.07) is 5.18. The van der Waals surface area contributed by atoms with Crippen LogP contribution in [-0.4, -0.2) is 97.2 Å². The van der Waals surface area contributed by atoms with Crippen LogP contribution in [0.1, 0.15) is 37.6 Å². The number of ether oxygens (including phenoxy) is 1. The third kappa shape index (κ3) is 6.35. The second-order valence-corrected chi connectivity index (χ2v) is 12.1. The lowest BCUT2D eigenvalue weighted by Gasteiger charge is -2.43. The fraction of sp³-hybridized carbons (Fsp3) is 0.552. The normalized spacial score (nSPS) is 24.8. The Morgan fingerprint density at radius 2 is 1.95 bits per heavy atom. The molecule has 2 fully saturated rings. The van der Waals surface area contributed by atoms with E-state index in [9.17, 15) is 23.2 Å². The molecule has 3 aliphatic rings. The van der Waals surface area contributed by atoms with Gasteiger partial charge in [0.05, 0.1) is 18.8 Å². The molecule has 222 valence electrons. The molecule has 1 aromatic carbocycles. The number of rotatable bonds is 7. The van der Waals surface area contributed by atoms with Crippen molar-refractivity contribution >= 4 is 17.5 Å². The number of carbonyl (C=O) groups excluding carboxylic acids is 2. The topological polar surface area (TPSA) is 124 Å². The molecule has 1 unspecified atom stereocenters. The number of fused-ring (bicyclic) bond motifs is 1. The molecule has 1 aromatic heterocycles. The third-order valence-electron chi connectivity index (χ3n) is 8.32. The molecule has 41 heavy (non-hydrogen) atoms. The summed E-state index contributed by atoms with van der Waals surface area (Å²) in [5.74, 6) is -1.99. The number of primary amides is 1. The standard InChI is InChI=1S/C29H38F2N6O4/c1-17-12-36(21(11-33-17)13-35-6-7-41-24(14-35)27(32)39)15-25(38)37-16-29(2,3)26-23(37)9-19(28(40)34-26)8-18-4-5-20(30)10-22(18)31/h4-5,9-10,17,21,24,33H,6-8,11-16H2,1-3H3,(H2,32,39)(H,34,40)/t17-,21-,24?/m1/s1. The first kappa shape index (κ1) is 29.3. The van der Waals surface area contributed by atoms with Crippen LogP contribution in [0.2, 0.25) is 0 Å². The van der Waals surface area contributed by atoms with Gasteiger partial charge in [0.2, 0.25) is 11.8 Å². The van der Waals surface area contributed by atoms with Crippen molar-refractivity contribution in [3.05, 3.63) is 63.1 Å². The van der Waals surface area contributed by atoms with Crippen LogP contribution >= 0.6 is 0 Å². The highest BCUT2D eigenvalue weighted by molar-refractivity contribution is 5.97. The smallest absolute Gasteiger partial charge is 0.251 e. The number of H-pyrrole nitrogens is 1. The summed E-state index contributed by atoms with van der Waals surface area (Å²) in [6.45, 7) is 10.1. The van der Waals surface area contributed by atoms with Crippen molar-refractivity contribution in [1.82, 2.24) is 20.1 Å². The molecule has 0 spiro atoms. The van der Waals surface area contributed by atoms with Crippen LogP contribution in [0.15, 0.2) is 29.1 Å². The van der Waals surface area contributed by atoms with Gasteiger partial charge in [-0.3, -0.25) is 24.2 Å². The minimum Gasteiger partial charge on any atom is -0.367 e. The number of amides is 2. The van der Waals surface area contributed by atoms with E-state index in [1.165, 1.54) is 6.07 Å². The Hall–Kier alpha value is -3.19. The molecule has 4 heterocycles. The molecule has 0 bridgehead atoms. The van der Waals surface area contributed by atoms with Gasteiger partial charge in [-0.1, -0.05) is 19.9 Å². The van der Waals surface area contributed by atoms with Gasteiger partial charge in [-0.2, -0.15) is 0 Å². The molecule has 2 saturated heterocycles. The molecule has 2 aromatic rings. The lowest BCUT2D eigenvalue weighted by molar-refractivity contribution is -0.135. The quantitative estimate of drug-likeness (QED) is 0.447. The van der Waals surface area contributed by atoms with Crippen LogP contribution in [-0.2, 0) is 26.2 Å². The van der Waals surface area contributed by atoms with Gasteiger partial charge in [0, 0.05) is 80.5 Å². The summed E-state index contributed by atoms with van der Waals surface area (Å²) < 4.78 is 33.3. The lowest BCUT2D eigenvalue weighted by atomic mass is 9.91. The monoisotopic (exact) mass is 572 g/mol. The zero-order valence-electron chi connectivity index (χ0n) is 23.7. The van der Waals surface area contributed by atoms with Gasteiger partial charge in [0.15, 0.2) is 0 Å². The van der Waals surface area contributed by atoms with E-state index in [0.29, 0.717) is 62.8 Å². The first-order chi connectivity index (χ1) is 19.4. The Morgan fingerprint density at radius 3 is 2.68 bits per heavy atom. The highest BCUT2D eigenvalue weighted by Gasteiger charge is 2.41. The van der Waals surface area contributed by atoms with Crippen LogP contribution in [0, 0.1) is 11.6 Å². The molecule has 5 rings (SSSR count). The number of morpholine rings is 1. The summed E-state index contributed by atoms with van der Waals surface area (Å²) in [6.07, 6.45) is -0.669. The van der Waals surface area contributed by atoms with E-state index in [4.69, 9.17) is 10.5 Å². The van der Waals surface area contributed by atoms with Gasteiger partial charge in [0.1, 0.15) is 17.7 Å². The van der Waals surface area contributed by atoms with E-state index in [0.717, 1.165) is 12.1 Å². The minimum atomic E-state index is -0.723. The van der Waals surface area contributed by atoms with Crippen LogP contribution in [0.5, 0.6) is 0 Å². The van der Waals surface area contributed by atoms with Crippen molar-refractivity contribution in [1.29, 1.82) is 0 Å². The maximum atomic E-state index is 14.4. The lowest BCUT2D eigenvalue weighted by Crippen LogP contribution is -2.62. The number of piperazine rings is 1. The first-order valence-corrected chi connectivity index (χ1v) is 14.0. The van der Waals surface area contributed by atoms with Crippen LogP contribution in [0.4, 0.5) is 14.5 Å². The first-order valence-electron chi connectivity index (χ1n) is 14.0. The van der Waals surface area contributed by atoms with E-state index >= 15 is 0 Å². The second-order valence-electron chi connectivity index (χ2n) is 12.1. The van der Waals surface area contributed by atoms with Gasteiger partial charge in [-0.15, -0.1) is 0 Å². The van der Waals surface area contributed by atoms with E-state index in [1.807, 2.05) is 13.8 Å². The number of benzene rings is 1. The molecule has 12 heteroatoms. The van der Waals surface area contributed by atoms with Gasteiger partial charge in [0.25, 0.3) is 5.56 Å². The molecule has 10 nitrogen and oxygen atoms in total. The molecular weight excluding hydrogens is 534 g/mol. The number of aromatic amines is 1. The number of pyridine rings is 1. The second kappa shape index (κ2) is 11.6. The Labute approximate surface area is 237 Å². The summed E-state index contributed by atoms with van der Waals surface area (Å²) >= 11 is 0. The van der Waals surface area contributed by atoms with E-state index in [2.05, 4.69) is 27.0 Å². The number of nitrogens with one attached hydrogen (secondary N) is 2. The van der Waals surface area contributed by atoms with Crippen molar-refractivity contribution in [2.24, 2.45) is 5.73 Å². The van der Waals surface area contributed by atoms with Gasteiger partial charge in [-0.05, 0) is 24.6 Å². The van der Waals surface area contributed by atoms with Crippen molar-refractivity contribution in [2.75, 3.05) is 57.3 Å². The Morgan fingerprint density at radius 1 is 1.17 bits per heavy atom. The molecule has 0 aliphatic carbocycles. The van der Waals surface area contributed by atoms with Gasteiger partial charge < -0.3 is 25.7 Å². The van der Waals surface area contributed by atoms with Crippen LogP contribution in [0.25, 0.3) is 0 Å². The number of nitrogens with two attached hydrogens (primary N) is 1. The highest BCUT2D eigenvalue weighted by atomic mass is 19.1. The molecule has 0 saturated carbocycles. The summed E-state index contributed by atoms with van der Waals surface area (Å²) in [5, 5.41) is 3.49. The number of aromatic nitrogens is 1. The average molecular weight is 573 g/mol. The average Bonchev–Trinajstić information content (AvgIpc) is 3.17. The van der Waals surface area contributed by atoms with E-state index in [1.54, 1.807) is 11.0 Å². The number of hydrogen-bond acceptors (Lipinski definition) is 7. The van der Waals surface area contributed by atoms with Crippen LogP contribution in [0.3, 0.4) is 0 Å². The SMILES string of the molecule is C[C@@H]1CN(CC(=O)N2CC(C)(C)c3[nH]c(=O)c(Cc4ccc(F)cc4F)cc32)[C@@H](CN2CCOC(C(N)=O)C2)CN1. The van der Waals surface area contributed by atoms with Gasteiger partial charge >= 0.3 is 0 Å². The van der Waals surface area contributed by atoms with Crippen molar-refractivity contribution < 1.29 is 23.1 Å². The van der Waals surface area contributed by atoms with E-state index in [-0.39, 0.29) is 42.1 Å². The van der Waals surface area contributed by atoms with Crippen LogP contribution < -0.4 is 21.5 Å². The van der Waals surface area contributed by atoms with Crippen molar-refractivity contribution in [3.8, 4) is 0 Å². The molecule has 2 amide bonds. The maximum absolute atomic E-state index is 14.4. The molecule has 3 atom stereocenters. The predicted molar refractivity (Wildman–Crippen MR) is 150 cm³/mol. The number of nitrogens with zero attached hydrogens (tertiary/aromatic N) is 3. The number of anilines is 1. The zero-order chi connectivity index (χ0) is 29.5. The third-order valence-corrected chi connectivity index (χ3v) is 8.32. The van der Waals surface area contributed by atoms with E-state index < -0.39 is 29.1 Å². The minimum absolute atomic E-state index is 0.0274. The summed E-state index contributed by atoms with van der Waals surface area (Å²) in [5.41, 5.74) is 6.39. The fourth-order valence-corrected chi connectivity index (χ4v) is 6.08. The molecule has 3 aliphatic heterocycles. The Kier molecular flexibility index (Phi) is 8.29.